The zero-order valence-electron chi connectivity index (χ0n) is 10.5. The average molecular weight is 265 g/mol. The van der Waals surface area contributed by atoms with Crippen LogP contribution in [0.4, 0.5) is 14.6 Å². The predicted octanol–water partition coefficient (Wildman–Crippen LogP) is 3.42. The van der Waals surface area contributed by atoms with Crippen LogP contribution in [-0.4, -0.2) is 17.0 Å². The smallest absolute Gasteiger partial charge is 0.270 e. The molecule has 100 valence electrons. The molecule has 2 rings (SSSR count). The lowest BCUT2D eigenvalue weighted by molar-refractivity contribution is 0.0174. The van der Waals surface area contributed by atoms with Crippen LogP contribution in [0.15, 0.2) is 36.7 Å². The molecule has 0 radical (unpaired) electrons. The highest BCUT2D eigenvalue weighted by molar-refractivity contribution is 5.35. The van der Waals surface area contributed by atoms with Crippen molar-refractivity contribution < 1.29 is 13.5 Å². The highest BCUT2D eigenvalue weighted by Crippen LogP contribution is 2.29. The number of benzene rings is 1. The molecule has 19 heavy (non-hydrogen) atoms. The van der Waals surface area contributed by atoms with Gasteiger partial charge in [-0.15, -0.1) is 0 Å². The molecule has 1 N–H and O–H groups in total. The van der Waals surface area contributed by atoms with Crippen LogP contribution in [0.2, 0.25) is 0 Å². The topological polar surface area (TPSA) is 47.0 Å². The molecule has 0 aliphatic carbocycles. The Kier molecular flexibility index (Phi) is 3.59. The van der Waals surface area contributed by atoms with Crippen molar-refractivity contribution in [3.63, 3.8) is 0 Å². The summed E-state index contributed by atoms with van der Waals surface area (Å²) in [5, 5.41) is 2.83. The lowest BCUT2D eigenvalue weighted by Crippen LogP contribution is -2.06. The molecule has 0 atom stereocenters. The van der Waals surface area contributed by atoms with Gasteiger partial charge in [-0.05, 0) is 24.3 Å². The molecule has 0 bridgehead atoms. The van der Waals surface area contributed by atoms with Crippen molar-refractivity contribution >= 4 is 5.82 Å². The molecular weight excluding hydrogens is 252 g/mol. The highest BCUT2D eigenvalue weighted by atomic mass is 19.3. The Labute approximate surface area is 109 Å². The molecule has 2 aromatic rings. The summed E-state index contributed by atoms with van der Waals surface area (Å²) in [4.78, 5) is 8.05. The molecule has 6 heteroatoms. The monoisotopic (exact) mass is 265 g/mol. The number of hydrogen-bond donors (Lipinski definition) is 1. The minimum absolute atomic E-state index is 0.0603. The van der Waals surface area contributed by atoms with Gasteiger partial charge in [0.15, 0.2) is 0 Å². The molecular formula is C13H13F2N3O. The van der Waals surface area contributed by atoms with E-state index in [4.69, 9.17) is 4.74 Å². The van der Waals surface area contributed by atoms with Gasteiger partial charge in [0.25, 0.3) is 5.92 Å². The molecule has 0 amide bonds. The number of ether oxygens (including phenoxy) is 1. The standard InChI is InChI=1S/C13H13F2N3O/c1-13(14,15)9-3-5-10(6-4-9)19-12-8-17-7-11(16-2)18-12/h3-8H,1-2H3,(H,16,18). The molecule has 4 nitrogen and oxygen atoms in total. The third-order valence-electron chi connectivity index (χ3n) is 2.45. The first-order valence-corrected chi connectivity index (χ1v) is 5.65. The molecule has 0 unspecified atom stereocenters. The van der Waals surface area contributed by atoms with E-state index in [-0.39, 0.29) is 5.56 Å². The number of alkyl halides is 2. The Morgan fingerprint density at radius 3 is 2.42 bits per heavy atom. The number of nitrogens with one attached hydrogen (secondary N) is 1. The van der Waals surface area contributed by atoms with E-state index in [1.165, 1.54) is 30.5 Å². The first-order chi connectivity index (χ1) is 8.99. The van der Waals surface area contributed by atoms with E-state index in [1.54, 1.807) is 13.2 Å². The van der Waals surface area contributed by atoms with Gasteiger partial charge >= 0.3 is 0 Å². The Morgan fingerprint density at radius 2 is 1.84 bits per heavy atom. The van der Waals surface area contributed by atoms with Gasteiger partial charge in [0.1, 0.15) is 11.6 Å². The van der Waals surface area contributed by atoms with Crippen molar-refractivity contribution in [3.8, 4) is 11.6 Å². The van der Waals surface area contributed by atoms with Gasteiger partial charge in [0, 0.05) is 19.5 Å². The maximum atomic E-state index is 13.0. The van der Waals surface area contributed by atoms with E-state index in [9.17, 15) is 8.78 Å². The van der Waals surface area contributed by atoms with Crippen LogP contribution in [0, 0.1) is 0 Å². The van der Waals surface area contributed by atoms with Gasteiger partial charge in [0.2, 0.25) is 5.88 Å². The van der Waals surface area contributed by atoms with E-state index in [1.807, 2.05) is 0 Å². The van der Waals surface area contributed by atoms with E-state index in [2.05, 4.69) is 15.3 Å². The van der Waals surface area contributed by atoms with Gasteiger partial charge in [-0.25, -0.2) is 8.78 Å². The maximum absolute atomic E-state index is 13.0. The van der Waals surface area contributed by atoms with E-state index in [0.29, 0.717) is 17.4 Å². The molecule has 0 aliphatic rings. The Bertz CT molecular complexity index is 553. The van der Waals surface area contributed by atoms with Gasteiger partial charge < -0.3 is 10.1 Å². The fourth-order valence-electron chi connectivity index (χ4n) is 1.45. The zero-order chi connectivity index (χ0) is 13.9. The van der Waals surface area contributed by atoms with Gasteiger partial charge in [-0.3, -0.25) is 4.98 Å². The summed E-state index contributed by atoms with van der Waals surface area (Å²) in [5.74, 6) is -1.57. The largest absolute Gasteiger partial charge is 0.437 e. The summed E-state index contributed by atoms with van der Waals surface area (Å²) < 4.78 is 31.5. The number of halogens is 2. The molecule has 0 saturated heterocycles. The summed E-state index contributed by atoms with van der Waals surface area (Å²) in [6.45, 7) is 0.852. The first-order valence-electron chi connectivity index (χ1n) is 5.65. The van der Waals surface area contributed by atoms with E-state index >= 15 is 0 Å². The fourth-order valence-corrected chi connectivity index (χ4v) is 1.45. The quantitative estimate of drug-likeness (QED) is 0.920. The van der Waals surface area contributed by atoms with Gasteiger partial charge in [0.05, 0.1) is 12.4 Å². The molecule has 0 aliphatic heterocycles. The molecule has 1 aromatic heterocycles. The summed E-state index contributed by atoms with van der Waals surface area (Å²) in [6, 6.07) is 5.59. The van der Waals surface area contributed by atoms with Gasteiger partial charge in [-0.2, -0.15) is 4.98 Å². The lowest BCUT2D eigenvalue weighted by atomic mass is 10.1. The molecule has 1 heterocycles. The normalized spacial score (nSPS) is 11.2. The van der Waals surface area contributed by atoms with Crippen molar-refractivity contribution in [1.29, 1.82) is 0 Å². The van der Waals surface area contributed by atoms with Crippen LogP contribution in [-0.2, 0) is 5.92 Å². The fraction of sp³-hybridized carbons (Fsp3) is 0.231. The van der Waals surface area contributed by atoms with Crippen molar-refractivity contribution in [3.05, 3.63) is 42.2 Å². The Morgan fingerprint density at radius 1 is 1.16 bits per heavy atom. The van der Waals surface area contributed by atoms with Crippen LogP contribution >= 0.6 is 0 Å². The van der Waals surface area contributed by atoms with Crippen molar-refractivity contribution in [2.75, 3.05) is 12.4 Å². The number of hydrogen-bond acceptors (Lipinski definition) is 4. The molecule has 0 spiro atoms. The predicted molar refractivity (Wildman–Crippen MR) is 67.7 cm³/mol. The summed E-state index contributed by atoms with van der Waals surface area (Å²) in [5.41, 5.74) is -0.0603. The first kappa shape index (κ1) is 13.2. The number of rotatable bonds is 4. The van der Waals surface area contributed by atoms with Crippen molar-refractivity contribution in [2.24, 2.45) is 0 Å². The molecule has 0 saturated carbocycles. The highest BCUT2D eigenvalue weighted by Gasteiger charge is 2.23. The third-order valence-corrected chi connectivity index (χ3v) is 2.45. The molecule has 0 fully saturated rings. The second-order valence-corrected chi connectivity index (χ2v) is 4.01. The minimum Gasteiger partial charge on any atom is -0.437 e. The summed E-state index contributed by atoms with van der Waals surface area (Å²) in [6.07, 6.45) is 3.00. The van der Waals surface area contributed by atoms with Crippen LogP contribution in [0.25, 0.3) is 0 Å². The Balaban J connectivity index is 2.15. The maximum Gasteiger partial charge on any atom is 0.270 e. The van der Waals surface area contributed by atoms with Crippen LogP contribution in [0.5, 0.6) is 11.6 Å². The second kappa shape index (κ2) is 5.17. The second-order valence-electron chi connectivity index (χ2n) is 4.01. The van der Waals surface area contributed by atoms with Crippen molar-refractivity contribution in [2.45, 2.75) is 12.8 Å². The van der Waals surface area contributed by atoms with Crippen LogP contribution in [0.1, 0.15) is 12.5 Å². The van der Waals surface area contributed by atoms with E-state index in [0.717, 1.165) is 6.92 Å². The number of nitrogens with zero attached hydrogens (tertiary/aromatic N) is 2. The molecule has 1 aromatic carbocycles. The third kappa shape index (κ3) is 3.37. The van der Waals surface area contributed by atoms with Crippen LogP contribution in [0.3, 0.4) is 0 Å². The van der Waals surface area contributed by atoms with Gasteiger partial charge in [-0.1, -0.05) is 0 Å². The number of aromatic nitrogens is 2. The lowest BCUT2D eigenvalue weighted by Gasteiger charge is -2.11. The average Bonchev–Trinajstić information content (AvgIpc) is 2.38. The van der Waals surface area contributed by atoms with Crippen molar-refractivity contribution in [1.82, 2.24) is 9.97 Å². The zero-order valence-corrected chi connectivity index (χ0v) is 10.5. The minimum atomic E-state index is -2.86. The number of anilines is 1. The van der Waals surface area contributed by atoms with Crippen LogP contribution < -0.4 is 10.1 Å². The Hall–Kier alpha value is -2.24. The summed E-state index contributed by atoms with van der Waals surface area (Å²) in [7, 11) is 1.71. The summed E-state index contributed by atoms with van der Waals surface area (Å²) >= 11 is 0. The van der Waals surface area contributed by atoms with E-state index < -0.39 is 5.92 Å². The SMILES string of the molecule is CNc1cncc(Oc2ccc(C(C)(F)F)cc2)n1.